The summed E-state index contributed by atoms with van der Waals surface area (Å²) in [6, 6.07) is 65.1. The molecular formula is C50H30O2. The van der Waals surface area contributed by atoms with Crippen LogP contribution in [0.1, 0.15) is 0 Å². The molecule has 0 N–H and O–H groups in total. The van der Waals surface area contributed by atoms with E-state index in [4.69, 9.17) is 8.83 Å². The second kappa shape index (κ2) is 11.3. The summed E-state index contributed by atoms with van der Waals surface area (Å²) in [5.41, 5.74) is 13.2. The number of benzene rings is 9. The van der Waals surface area contributed by atoms with E-state index in [1.54, 1.807) is 0 Å². The molecule has 242 valence electrons. The summed E-state index contributed by atoms with van der Waals surface area (Å²) >= 11 is 0. The van der Waals surface area contributed by atoms with Gasteiger partial charge in [0.1, 0.15) is 22.3 Å². The molecule has 0 aliphatic heterocycles. The maximum absolute atomic E-state index is 6.38. The van der Waals surface area contributed by atoms with Crippen molar-refractivity contribution in [1.82, 2.24) is 0 Å². The highest BCUT2D eigenvalue weighted by Crippen LogP contribution is 2.45. The molecule has 52 heavy (non-hydrogen) atoms. The Hall–Kier alpha value is -6.90. The Kier molecular flexibility index (Phi) is 6.28. The van der Waals surface area contributed by atoms with Crippen LogP contribution in [0.25, 0.3) is 110 Å². The van der Waals surface area contributed by atoms with Crippen LogP contribution in [0.4, 0.5) is 0 Å². The molecule has 2 heterocycles. The molecule has 11 aromatic rings. The molecule has 2 nitrogen and oxygen atoms in total. The average molecular weight is 663 g/mol. The number of rotatable bonds is 4. The standard InChI is InChI=1S/C50H30O2/c1-3-14-41-39(12-1)48(33-24-20-31(21-25-33)35-28-29-47-44(30-35)38-11-6-7-18-45(38)51-47)40-13-2-4-15-42(40)49(41)34-26-22-32(23-27-34)36-16-9-17-43-37-10-5-8-19-46(37)52-50(36)43/h1-30H. The van der Waals surface area contributed by atoms with E-state index in [-0.39, 0.29) is 0 Å². The zero-order valence-corrected chi connectivity index (χ0v) is 28.1. The maximum Gasteiger partial charge on any atom is 0.143 e. The number of para-hydroxylation sites is 3. The Morgan fingerprint density at radius 1 is 0.250 bits per heavy atom. The molecule has 11 rings (SSSR count). The summed E-state index contributed by atoms with van der Waals surface area (Å²) < 4.78 is 12.5. The fourth-order valence-electron chi connectivity index (χ4n) is 8.28. The van der Waals surface area contributed by atoms with Crippen molar-refractivity contribution >= 4 is 65.4 Å². The van der Waals surface area contributed by atoms with Gasteiger partial charge in [-0.25, -0.2) is 0 Å². The molecule has 0 spiro atoms. The van der Waals surface area contributed by atoms with Gasteiger partial charge in [-0.3, -0.25) is 0 Å². The van der Waals surface area contributed by atoms with Crippen LogP contribution in [0.2, 0.25) is 0 Å². The maximum atomic E-state index is 6.38. The molecule has 0 aliphatic carbocycles. The molecule has 9 aromatic carbocycles. The Labute approximate surface area is 299 Å². The minimum absolute atomic E-state index is 0.915. The van der Waals surface area contributed by atoms with E-state index in [2.05, 4.69) is 158 Å². The summed E-state index contributed by atoms with van der Waals surface area (Å²) in [5, 5.41) is 9.54. The first-order valence-corrected chi connectivity index (χ1v) is 17.8. The predicted octanol–water partition coefficient (Wildman–Crippen LogP) is 14.5. The average Bonchev–Trinajstić information content (AvgIpc) is 3.78. The van der Waals surface area contributed by atoms with Gasteiger partial charge in [-0.1, -0.05) is 158 Å². The van der Waals surface area contributed by atoms with E-state index in [1.807, 2.05) is 24.3 Å². The zero-order chi connectivity index (χ0) is 34.2. The van der Waals surface area contributed by atoms with Crippen LogP contribution in [0.3, 0.4) is 0 Å². The second-order valence-electron chi connectivity index (χ2n) is 13.6. The Morgan fingerprint density at radius 3 is 1.27 bits per heavy atom. The molecule has 0 amide bonds. The van der Waals surface area contributed by atoms with E-state index in [0.29, 0.717) is 0 Å². The topological polar surface area (TPSA) is 26.3 Å². The van der Waals surface area contributed by atoms with Crippen molar-refractivity contribution in [1.29, 1.82) is 0 Å². The van der Waals surface area contributed by atoms with Gasteiger partial charge in [-0.05, 0) is 84.8 Å². The van der Waals surface area contributed by atoms with E-state index in [0.717, 1.165) is 55.0 Å². The highest BCUT2D eigenvalue weighted by molar-refractivity contribution is 6.21. The first-order valence-electron chi connectivity index (χ1n) is 17.8. The van der Waals surface area contributed by atoms with E-state index in [9.17, 15) is 0 Å². The number of fused-ring (bicyclic) bond motifs is 8. The van der Waals surface area contributed by atoms with Crippen LogP contribution >= 0.6 is 0 Å². The summed E-state index contributed by atoms with van der Waals surface area (Å²) in [7, 11) is 0. The van der Waals surface area contributed by atoms with Crippen molar-refractivity contribution < 1.29 is 8.83 Å². The molecule has 2 aromatic heterocycles. The van der Waals surface area contributed by atoms with Gasteiger partial charge in [-0.2, -0.15) is 0 Å². The predicted molar refractivity (Wildman–Crippen MR) is 218 cm³/mol. The highest BCUT2D eigenvalue weighted by atomic mass is 16.3. The van der Waals surface area contributed by atoms with Crippen molar-refractivity contribution in [3.8, 4) is 44.5 Å². The summed E-state index contributed by atoms with van der Waals surface area (Å²) in [6.45, 7) is 0. The quantitative estimate of drug-likeness (QED) is 0.175. The van der Waals surface area contributed by atoms with Crippen LogP contribution in [-0.4, -0.2) is 0 Å². The Morgan fingerprint density at radius 2 is 0.673 bits per heavy atom. The van der Waals surface area contributed by atoms with Gasteiger partial charge in [0, 0.05) is 27.1 Å². The van der Waals surface area contributed by atoms with E-state index < -0.39 is 0 Å². The summed E-state index contributed by atoms with van der Waals surface area (Å²) in [5.74, 6) is 0. The van der Waals surface area contributed by atoms with Crippen molar-refractivity contribution in [2.75, 3.05) is 0 Å². The lowest BCUT2D eigenvalue weighted by Crippen LogP contribution is -1.91. The molecule has 2 heteroatoms. The van der Waals surface area contributed by atoms with Crippen molar-refractivity contribution in [3.63, 3.8) is 0 Å². The van der Waals surface area contributed by atoms with Gasteiger partial charge >= 0.3 is 0 Å². The van der Waals surface area contributed by atoms with Gasteiger partial charge in [-0.15, -0.1) is 0 Å². The Balaban J connectivity index is 1.03. The van der Waals surface area contributed by atoms with Crippen LogP contribution in [0.15, 0.2) is 191 Å². The zero-order valence-electron chi connectivity index (χ0n) is 28.1. The molecule has 0 atom stereocenters. The summed E-state index contributed by atoms with van der Waals surface area (Å²) in [6.07, 6.45) is 0. The Bertz CT molecular complexity index is 3100. The number of hydrogen-bond donors (Lipinski definition) is 0. The first kappa shape index (κ1) is 28.9. The third-order valence-electron chi connectivity index (χ3n) is 10.7. The molecule has 0 unspecified atom stereocenters. The fraction of sp³-hybridized carbons (Fsp3) is 0. The minimum Gasteiger partial charge on any atom is -0.456 e. The van der Waals surface area contributed by atoms with Crippen LogP contribution in [-0.2, 0) is 0 Å². The lowest BCUT2D eigenvalue weighted by atomic mass is 9.85. The largest absolute Gasteiger partial charge is 0.456 e. The molecule has 0 aliphatic rings. The second-order valence-corrected chi connectivity index (χ2v) is 13.6. The van der Waals surface area contributed by atoms with E-state index >= 15 is 0 Å². The molecule has 0 bridgehead atoms. The van der Waals surface area contributed by atoms with E-state index in [1.165, 1.54) is 54.9 Å². The number of furan rings is 2. The third-order valence-corrected chi connectivity index (χ3v) is 10.7. The van der Waals surface area contributed by atoms with Gasteiger partial charge in [0.15, 0.2) is 0 Å². The molecular weight excluding hydrogens is 633 g/mol. The SMILES string of the molecule is c1ccc2c(c1)oc1ccc(-c3ccc(-c4c5ccccc5c(-c5ccc(-c6cccc7c6oc6ccccc67)cc5)c5ccccc45)cc3)cc12. The molecule has 0 radical (unpaired) electrons. The van der Waals surface area contributed by atoms with Gasteiger partial charge in [0.2, 0.25) is 0 Å². The van der Waals surface area contributed by atoms with Crippen molar-refractivity contribution in [2.24, 2.45) is 0 Å². The molecule has 0 saturated carbocycles. The van der Waals surface area contributed by atoms with Crippen LogP contribution in [0, 0.1) is 0 Å². The molecule has 0 fully saturated rings. The highest BCUT2D eigenvalue weighted by Gasteiger charge is 2.18. The van der Waals surface area contributed by atoms with Crippen LogP contribution in [0.5, 0.6) is 0 Å². The number of hydrogen-bond acceptors (Lipinski definition) is 2. The lowest BCUT2D eigenvalue weighted by molar-refractivity contribution is 0.669. The van der Waals surface area contributed by atoms with Crippen molar-refractivity contribution in [3.05, 3.63) is 182 Å². The fourth-order valence-corrected chi connectivity index (χ4v) is 8.28. The third kappa shape index (κ3) is 4.38. The van der Waals surface area contributed by atoms with Crippen molar-refractivity contribution in [2.45, 2.75) is 0 Å². The van der Waals surface area contributed by atoms with Gasteiger partial charge < -0.3 is 8.83 Å². The van der Waals surface area contributed by atoms with Gasteiger partial charge in [0.25, 0.3) is 0 Å². The summed E-state index contributed by atoms with van der Waals surface area (Å²) in [4.78, 5) is 0. The monoisotopic (exact) mass is 662 g/mol. The molecule has 0 saturated heterocycles. The normalized spacial score (nSPS) is 11.8. The minimum atomic E-state index is 0.915. The smallest absolute Gasteiger partial charge is 0.143 e. The van der Waals surface area contributed by atoms with Crippen LogP contribution < -0.4 is 0 Å². The first-order chi connectivity index (χ1) is 25.8. The van der Waals surface area contributed by atoms with Gasteiger partial charge in [0.05, 0.1) is 0 Å². The lowest BCUT2D eigenvalue weighted by Gasteiger charge is -2.18.